The summed E-state index contributed by atoms with van der Waals surface area (Å²) in [5.41, 5.74) is 5.36. The van der Waals surface area contributed by atoms with Crippen LogP contribution in [0.2, 0.25) is 0 Å². The Balaban J connectivity index is 1.50. The number of rotatable bonds is 5. The molecule has 1 heteroatoms. The van der Waals surface area contributed by atoms with Crippen molar-refractivity contribution in [3.63, 3.8) is 0 Å². The topological polar surface area (TPSA) is 9.23 Å². The molecule has 4 aromatic carbocycles. The standard InChI is InChI=1S/C25H22O/c1-26-24-15-13-20(14-16-24)17-19-9-11-21(12-10-19)18-23-7-4-6-22-5-2-3-8-25(22)23/h2-16H,17-18H2,1H3. The molecule has 0 saturated carbocycles. The smallest absolute Gasteiger partial charge is 0.118 e. The molecular weight excluding hydrogens is 316 g/mol. The minimum absolute atomic E-state index is 0.902. The molecule has 0 N–H and O–H groups in total. The SMILES string of the molecule is COc1ccc(Cc2ccc(Cc3cccc4ccccc34)cc2)cc1. The van der Waals surface area contributed by atoms with Gasteiger partial charge >= 0.3 is 0 Å². The van der Waals surface area contributed by atoms with Crippen molar-refractivity contribution in [3.8, 4) is 5.75 Å². The van der Waals surface area contributed by atoms with Gasteiger partial charge in [0.1, 0.15) is 5.75 Å². The Bertz CT molecular complexity index is 993. The van der Waals surface area contributed by atoms with Crippen LogP contribution in [0.1, 0.15) is 22.3 Å². The highest BCUT2D eigenvalue weighted by Crippen LogP contribution is 2.22. The van der Waals surface area contributed by atoms with Crippen molar-refractivity contribution < 1.29 is 4.74 Å². The van der Waals surface area contributed by atoms with Crippen molar-refractivity contribution in [3.05, 3.63) is 113 Å². The van der Waals surface area contributed by atoms with Crippen molar-refractivity contribution in [1.82, 2.24) is 0 Å². The molecule has 0 unspecified atom stereocenters. The van der Waals surface area contributed by atoms with Crippen LogP contribution in [0.25, 0.3) is 10.8 Å². The largest absolute Gasteiger partial charge is 0.497 e. The predicted octanol–water partition coefficient (Wildman–Crippen LogP) is 6.03. The number of ether oxygens (including phenoxy) is 1. The maximum Gasteiger partial charge on any atom is 0.118 e. The van der Waals surface area contributed by atoms with E-state index in [0.717, 1.165) is 18.6 Å². The zero-order chi connectivity index (χ0) is 17.8. The van der Waals surface area contributed by atoms with E-state index >= 15 is 0 Å². The van der Waals surface area contributed by atoms with Gasteiger partial charge in [-0.3, -0.25) is 0 Å². The van der Waals surface area contributed by atoms with Crippen LogP contribution >= 0.6 is 0 Å². The summed E-state index contributed by atoms with van der Waals surface area (Å²) in [4.78, 5) is 0. The zero-order valence-electron chi connectivity index (χ0n) is 15.0. The Morgan fingerprint density at radius 3 is 1.85 bits per heavy atom. The first-order valence-corrected chi connectivity index (χ1v) is 8.99. The molecule has 4 aromatic rings. The molecule has 0 aliphatic heterocycles. The average molecular weight is 338 g/mol. The van der Waals surface area contributed by atoms with Gasteiger partial charge in [-0.2, -0.15) is 0 Å². The van der Waals surface area contributed by atoms with E-state index in [-0.39, 0.29) is 0 Å². The Kier molecular flexibility index (Phi) is 4.70. The first kappa shape index (κ1) is 16.4. The van der Waals surface area contributed by atoms with Crippen LogP contribution in [-0.2, 0) is 12.8 Å². The second kappa shape index (κ2) is 7.45. The lowest BCUT2D eigenvalue weighted by Crippen LogP contribution is -1.92. The maximum atomic E-state index is 5.22. The quantitative estimate of drug-likeness (QED) is 0.432. The van der Waals surface area contributed by atoms with Crippen LogP contribution in [0.3, 0.4) is 0 Å². The van der Waals surface area contributed by atoms with Gasteiger partial charge in [0.05, 0.1) is 7.11 Å². The predicted molar refractivity (Wildman–Crippen MR) is 109 cm³/mol. The van der Waals surface area contributed by atoms with Crippen molar-refractivity contribution >= 4 is 10.8 Å². The molecule has 0 atom stereocenters. The first-order chi connectivity index (χ1) is 12.8. The molecule has 0 fully saturated rings. The molecule has 0 bridgehead atoms. The third-order valence-electron chi connectivity index (χ3n) is 4.86. The molecule has 128 valence electrons. The Hall–Kier alpha value is -3.06. The monoisotopic (exact) mass is 338 g/mol. The Morgan fingerprint density at radius 1 is 0.577 bits per heavy atom. The number of methoxy groups -OCH3 is 1. The fourth-order valence-electron chi connectivity index (χ4n) is 3.42. The third kappa shape index (κ3) is 3.62. The van der Waals surface area contributed by atoms with E-state index in [1.165, 1.54) is 33.0 Å². The van der Waals surface area contributed by atoms with Gasteiger partial charge in [-0.1, -0.05) is 78.9 Å². The summed E-state index contributed by atoms with van der Waals surface area (Å²) in [7, 11) is 1.70. The second-order valence-corrected chi connectivity index (χ2v) is 6.66. The fourth-order valence-corrected chi connectivity index (χ4v) is 3.42. The van der Waals surface area contributed by atoms with Gasteiger partial charge in [0.25, 0.3) is 0 Å². The highest BCUT2D eigenvalue weighted by molar-refractivity contribution is 5.85. The fraction of sp³-hybridized carbons (Fsp3) is 0.120. The highest BCUT2D eigenvalue weighted by Gasteiger charge is 2.03. The van der Waals surface area contributed by atoms with Gasteiger partial charge < -0.3 is 4.74 Å². The van der Waals surface area contributed by atoms with E-state index in [9.17, 15) is 0 Å². The Morgan fingerprint density at radius 2 is 1.15 bits per heavy atom. The molecule has 0 radical (unpaired) electrons. The van der Waals surface area contributed by atoms with Crippen molar-refractivity contribution in [2.75, 3.05) is 7.11 Å². The average Bonchev–Trinajstić information content (AvgIpc) is 2.70. The van der Waals surface area contributed by atoms with Gasteiger partial charge in [0.2, 0.25) is 0 Å². The summed E-state index contributed by atoms with van der Waals surface area (Å²) in [6, 6.07) is 32.4. The van der Waals surface area contributed by atoms with E-state index in [0.29, 0.717) is 0 Å². The van der Waals surface area contributed by atoms with E-state index in [1.807, 2.05) is 12.1 Å². The molecule has 0 spiro atoms. The summed E-state index contributed by atoms with van der Waals surface area (Å²) >= 11 is 0. The molecule has 0 aliphatic carbocycles. The lowest BCUT2D eigenvalue weighted by Gasteiger charge is -2.08. The van der Waals surface area contributed by atoms with Crippen LogP contribution < -0.4 is 4.74 Å². The van der Waals surface area contributed by atoms with E-state index < -0.39 is 0 Å². The molecule has 0 amide bonds. The summed E-state index contributed by atoms with van der Waals surface area (Å²) in [5.74, 6) is 0.902. The van der Waals surface area contributed by atoms with Gasteiger partial charge in [0, 0.05) is 0 Å². The van der Waals surface area contributed by atoms with Crippen LogP contribution in [0.15, 0.2) is 91.0 Å². The lowest BCUT2D eigenvalue weighted by molar-refractivity contribution is 0.414. The van der Waals surface area contributed by atoms with Gasteiger partial charge in [-0.05, 0) is 58.0 Å². The van der Waals surface area contributed by atoms with Crippen LogP contribution in [0.5, 0.6) is 5.75 Å². The van der Waals surface area contributed by atoms with E-state index in [1.54, 1.807) is 7.11 Å². The normalized spacial score (nSPS) is 10.8. The Labute approximate surface area is 154 Å². The third-order valence-corrected chi connectivity index (χ3v) is 4.86. The highest BCUT2D eigenvalue weighted by atomic mass is 16.5. The molecule has 0 aliphatic rings. The molecule has 0 aromatic heterocycles. The summed E-state index contributed by atoms with van der Waals surface area (Å²) < 4.78 is 5.22. The summed E-state index contributed by atoms with van der Waals surface area (Å²) in [6.07, 6.45) is 1.91. The van der Waals surface area contributed by atoms with Gasteiger partial charge in [-0.25, -0.2) is 0 Å². The summed E-state index contributed by atoms with van der Waals surface area (Å²) in [5, 5.41) is 2.65. The van der Waals surface area contributed by atoms with Gasteiger partial charge in [-0.15, -0.1) is 0 Å². The van der Waals surface area contributed by atoms with Crippen LogP contribution in [-0.4, -0.2) is 7.11 Å². The molecule has 1 nitrogen and oxygen atoms in total. The number of benzene rings is 4. The van der Waals surface area contributed by atoms with Crippen LogP contribution in [0, 0.1) is 0 Å². The summed E-state index contributed by atoms with van der Waals surface area (Å²) in [6.45, 7) is 0. The van der Waals surface area contributed by atoms with Crippen molar-refractivity contribution in [1.29, 1.82) is 0 Å². The van der Waals surface area contributed by atoms with Crippen LogP contribution in [0.4, 0.5) is 0 Å². The number of hydrogen-bond donors (Lipinski definition) is 0. The lowest BCUT2D eigenvalue weighted by atomic mass is 9.97. The zero-order valence-corrected chi connectivity index (χ0v) is 15.0. The van der Waals surface area contributed by atoms with Crippen molar-refractivity contribution in [2.24, 2.45) is 0 Å². The molecule has 0 heterocycles. The van der Waals surface area contributed by atoms with E-state index in [4.69, 9.17) is 4.74 Å². The molecular formula is C25H22O. The van der Waals surface area contributed by atoms with Crippen molar-refractivity contribution in [2.45, 2.75) is 12.8 Å². The molecule has 0 saturated heterocycles. The first-order valence-electron chi connectivity index (χ1n) is 8.99. The van der Waals surface area contributed by atoms with Gasteiger partial charge in [0.15, 0.2) is 0 Å². The number of fused-ring (bicyclic) bond motifs is 1. The second-order valence-electron chi connectivity index (χ2n) is 6.66. The molecule has 26 heavy (non-hydrogen) atoms. The number of hydrogen-bond acceptors (Lipinski definition) is 1. The molecule has 4 rings (SSSR count). The minimum Gasteiger partial charge on any atom is -0.497 e. The minimum atomic E-state index is 0.902. The maximum absolute atomic E-state index is 5.22. The van der Waals surface area contributed by atoms with E-state index in [2.05, 4.69) is 78.9 Å².